The van der Waals surface area contributed by atoms with Crippen LogP contribution in [0.1, 0.15) is 30.0 Å². The fourth-order valence-electron chi connectivity index (χ4n) is 2.90. The van der Waals surface area contributed by atoms with E-state index < -0.39 is 4.92 Å². The standard InChI is InChI=1S/C20H25N3O3/c1-14-8-9-17(15(2)12-14)13-16(3)22-20(24)10-11-21-18-6-4-5-7-19(18)23(25)26/h4-9,12,16,21H,10-11,13H2,1-3H3,(H,22,24). The number of aryl methyl sites for hydroxylation is 2. The topological polar surface area (TPSA) is 84.3 Å². The minimum Gasteiger partial charge on any atom is -0.379 e. The van der Waals surface area contributed by atoms with Crippen LogP contribution < -0.4 is 10.6 Å². The second-order valence-corrected chi connectivity index (χ2v) is 6.55. The minimum absolute atomic E-state index is 0.0103. The number of hydrogen-bond donors (Lipinski definition) is 2. The van der Waals surface area contributed by atoms with E-state index in [2.05, 4.69) is 42.7 Å². The van der Waals surface area contributed by atoms with Gasteiger partial charge in [-0.05, 0) is 44.4 Å². The number of nitro benzene ring substituents is 1. The van der Waals surface area contributed by atoms with E-state index in [-0.39, 0.29) is 24.1 Å². The van der Waals surface area contributed by atoms with Crippen LogP contribution in [-0.4, -0.2) is 23.4 Å². The highest BCUT2D eigenvalue weighted by Gasteiger charge is 2.13. The van der Waals surface area contributed by atoms with E-state index in [4.69, 9.17) is 0 Å². The van der Waals surface area contributed by atoms with Crippen molar-refractivity contribution in [2.75, 3.05) is 11.9 Å². The molecule has 2 N–H and O–H groups in total. The molecule has 2 aromatic carbocycles. The number of hydrogen-bond acceptors (Lipinski definition) is 4. The molecule has 138 valence electrons. The Morgan fingerprint density at radius 1 is 1.19 bits per heavy atom. The van der Waals surface area contributed by atoms with Crippen molar-refractivity contribution in [2.45, 2.75) is 39.7 Å². The van der Waals surface area contributed by atoms with E-state index in [9.17, 15) is 14.9 Å². The summed E-state index contributed by atoms with van der Waals surface area (Å²) in [5.74, 6) is -0.0756. The monoisotopic (exact) mass is 355 g/mol. The van der Waals surface area contributed by atoms with Crippen LogP contribution in [0.3, 0.4) is 0 Å². The fourth-order valence-corrected chi connectivity index (χ4v) is 2.90. The number of nitrogens with zero attached hydrogens (tertiary/aromatic N) is 1. The third-order valence-corrected chi connectivity index (χ3v) is 4.20. The molecule has 0 saturated heterocycles. The second kappa shape index (κ2) is 8.99. The average Bonchev–Trinajstić information content (AvgIpc) is 2.57. The Hall–Kier alpha value is -2.89. The van der Waals surface area contributed by atoms with Gasteiger partial charge in [-0.2, -0.15) is 0 Å². The third-order valence-electron chi connectivity index (χ3n) is 4.20. The summed E-state index contributed by atoms with van der Waals surface area (Å²) in [5, 5.41) is 16.9. The van der Waals surface area contributed by atoms with Gasteiger partial charge in [0.25, 0.3) is 5.69 Å². The lowest BCUT2D eigenvalue weighted by atomic mass is 10.00. The van der Waals surface area contributed by atoms with Crippen LogP contribution in [0.4, 0.5) is 11.4 Å². The zero-order valence-corrected chi connectivity index (χ0v) is 15.4. The van der Waals surface area contributed by atoms with Crippen molar-refractivity contribution in [3.05, 3.63) is 69.3 Å². The van der Waals surface area contributed by atoms with E-state index in [1.165, 1.54) is 22.8 Å². The quantitative estimate of drug-likeness (QED) is 0.558. The molecule has 6 nitrogen and oxygen atoms in total. The molecule has 0 saturated carbocycles. The molecule has 6 heteroatoms. The molecule has 0 bridgehead atoms. The van der Waals surface area contributed by atoms with E-state index >= 15 is 0 Å². The molecule has 0 fully saturated rings. The molecule has 0 aliphatic rings. The van der Waals surface area contributed by atoms with Gasteiger partial charge < -0.3 is 10.6 Å². The largest absolute Gasteiger partial charge is 0.379 e. The summed E-state index contributed by atoms with van der Waals surface area (Å²) in [5.41, 5.74) is 4.11. The summed E-state index contributed by atoms with van der Waals surface area (Å²) in [6.07, 6.45) is 1.03. The molecule has 0 aromatic heterocycles. The number of nitrogens with one attached hydrogen (secondary N) is 2. The molecular formula is C20H25N3O3. The smallest absolute Gasteiger partial charge is 0.292 e. The minimum atomic E-state index is -0.436. The number of benzene rings is 2. The van der Waals surface area contributed by atoms with Gasteiger partial charge in [0, 0.05) is 25.1 Å². The molecule has 1 unspecified atom stereocenters. The lowest BCUT2D eigenvalue weighted by molar-refractivity contribution is -0.384. The van der Waals surface area contributed by atoms with E-state index in [0.717, 1.165) is 6.42 Å². The van der Waals surface area contributed by atoms with Crippen LogP contribution in [0, 0.1) is 24.0 Å². The Morgan fingerprint density at radius 2 is 1.92 bits per heavy atom. The molecule has 0 aliphatic heterocycles. The number of para-hydroxylation sites is 2. The van der Waals surface area contributed by atoms with E-state index in [1.54, 1.807) is 18.2 Å². The lowest BCUT2D eigenvalue weighted by Gasteiger charge is -2.16. The van der Waals surface area contributed by atoms with E-state index in [0.29, 0.717) is 12.2 Å². The third kappa shape index (κ3) is 5.58. The molecular weight excluding hydrogens is 330 g/mol. The predicted molar refractivity (Wildman–Crippen MR) is 103 cm³/mol. The summed E-state index contributed by atoms with van der Waals surface area (Å²) in [6, 6.07) is 12.8. The summed E-state index contributed by atoms with van der Waals surface area (Å²) in [6.45, 7) is 6.46. The average molecular weight is 355 g/mol. The Labute approximate surface area is 153 Å². The van der Waals surface area contributed by atoms with Gasteiger partial charge in [-0.15, -0.1) is 0 Å². The maximum atomic E-state index is 12.1. The van der Waals surface area contributed by atoms with Gasteiger partial charge in [-0.25, -0.2) is 0 Å². The van der Waals surface area contributed by atoms with Gasteiger partial charge in [0.1, 0.15) is 5.69 Å². The summed E-state index contributed by atoms with van der Waals surface area (Å²) in [7, 11) is 0. The first kappa shape index (κ1) is 19.4. The van der Waals surface area contributed by atoms with Crippen LogP contribution in [0.5, 0.6) is 0 Å². The Bertz CT molecular complexity index is 790. The number of anilines is 1. The first-order valence-corrected chi connectivity index (χ1v) is 8.69. The maximum absolute atomic E-state index is 12.1. The normalized spacial score (nSPS) is 11.7. The van der Waals surface area contributed by atoms with Crippen LogP contribution in [0.25, 0.3) is 0 Å². The van der Waals surface area contributed by atoms with Gasteiger partial charge in [0.05, 0.1) is 4.92 Å². The van der Waals surface area contributed by atoms with Gasteiger partial charge in [-0.3, -0.25) is 14.9 Å². The van der Waals surface area contributed by atoms with Crippen molar-refractivity contribution in [2.24, 2.45) is 0 Å². The Morgan fingerprint density at radius 3 is 2.62 bits per heavy atom. The molecule has 26 heavy (non-hydrogen) atoms. The second-order valence-electron chi connectivity index (χ2n) is 6.55. The SMILES string of the molecule is Cc1ccc(CC(C)NC(=O)CCNc2ccccc2[N+](=O)[O-])c(C)c1. The van der Waals surface area contributed by atoms with Crippen molar-refractivity contribution in [1.82, 2.24) is 5.32 Å². The van der Waals surface area contributed by atoms with Crippen molar-refractivity contribution in [1.29, 1.82) is 0 Å². The number of carbonyl (C=O) groups excluding carboxylic acids is 1. The molecule has 0 spiro atoms. The first-order valence-electron chi connectivity index (χ1n) is 8.69. The summed E-state index contributed by atoms with van der Waals surface area (Å²) >= 11 is 0. The number of carbonyl (C=O) groups is 1. The number of amides is 1. The lowest BCUT2D eigenvalue weighted by Crippen LogP contribution is -2.35. The number of nitro groups is 1. The molecule has 1 amide bonds. The van der Waals surface area contributed by atoms with Crippen LogP contribution >= 0.6 is 0 Å². The molecule has 0 radical (unpaired) electrons. The van der Waals surface area contributed by atoms with E-state index in [1.807, 2.05) is 6.92 Å². The van der Waals surface area contributed by atoms with Gasteiger partial charge in [-0.1, -0.05) is 35.9 Å². The zero-order valence-electron chi connectivity index (χ0n) is 15.4. The molecule has 1 atom stereocenters. The van der Waals surface area contributed by atoms with Crippen LogP contribution in [0.15, 0.2) is 42.5 Å². The highest BCUT2D eigenvalue weighted by Crippen LogP contribution is 2.22. The molecule has 0 aliphatic carbocycles. The maximum Gasteiger partial charge on any atom is 0.292 e. The first-order chi connectivity index (χ1) is 12.4. The highest BCUT2D eigenvalue weighted by molar-refractivity contribution is 5.77. The van der Waals surface area contributed by atoms with Crippen molar-refractivity contribution >= 4 is 17.3 Å². The zero-order chi connectivity index (χ0) is 19.1. The van der Waals surface area contributed by atoms with Crippen molar-refractivity contribution in [3.63, 3.8) is 0 Å². The van der Waals surface area contributed by atoms with Crippen molar-refractivity contribution < 1.29 is 9.72 Å². The predicted octanol–water partition coefficient (Wildman–Crippen LogP) is 3.76. The number of rotatable bonds is 8. The molecule has 2 aromatic rings. The fraction of sp³-hybridized carbons (Fsp3) is 0.350. The molecule has 2 rings (SSSR count). The Balaban J connectivity index is 1.81. The highest BCUT2D eigenvalue weighted by atomic mass is 16.6. The molecule has 0 heterocycles. The van der Waals surface area contributed by atoms with Crippen LogP contribution in [0.2, 0.25) is 0 Å². The van der Waals surface area contributed by atoms with Gasteiger partial charge in [0.15, 0.2) is 0 Å². The van der Waals surface area contributed by atoms with Gasteiger partial charge in [0.2, 0.25) is 5.91 Å². The van der Waals surface area contributed by atoms with Crippen molar-refractivity contribution in [3.8, 4) is 0 Å². The van der Waals surface area contributed by atoms with Gasteiger partial charge >= 0.3 is 0 Å². The summed E-state index contributed by atoms with van der Waals surface area (Å²) < 4.78 is 0. The van der Waals surface area contributed by atoms with Crippen LogP contribution in [-0.2, 0) is 11.2 Å². The summed E-state index contributed by atoms with van der Waals surface area (Å²) in [4.78, 5) is 22.6. The Kier molecular flexibility index (Phi) is 6.72.